The number of carbonyl (C=O) groups excluding carboxylic acids is 2. The second-order valence-electron chi connectivity index (χ2n) is 7.89. The van der Waals surface area contributed by atoms with Crippen molar-refractivity contribution in [2.24, 2.45) is 0 Å². The lowest BCUT2D eigenvalue weighted by Crippen LogP contribution is -2.53. The summed E-state index contributed by atoms with van der Waals surface area (Å²) in [4.78, 5) is 40.8. The van der Waals surface area contributed by atoms with Gasteiger partial charge in [0.2, 0.25) is 5.43 Å². The van der Waals surface area contributed by atoms with Crippen molar-refractivity contribution in [2.45, 2.75) is 45.5 Å². The standard InChI is InChI=1S/C23H26FN3O5/c1-2-3-10-32-21-19-23(30)27-9-4-11-31-18(27)14-26(19)13-17(20(21)28)22(29)25-12-15-5-7-16(24)8-6-15/h5-8,13,18H,2-4,9-12,14H2,1H3,(H,25,29). The lowest BCUT2D eigenvalue weighted by Gasteiger charge is -2.40. The van der Waals surface area contributed by atoms with Gasteiger partial charge < -0.3 is 24.3 Å². The first-order valence-electron chi connectivity index (χ1n) is 10.8. The average molecular weight is 443 g/mol. The number of fused-ring (bicyclic) bond motifs is 2. The Bertz CT molecular complexity index is 1070. The van der Waals surface area contributed by atoms with Gasteiger partial charge in [0.15, 0.2) is 17.7 Å². The van der Waals surface area contributed by atoms with Gasteiger partial charge in [0.25, 0.3) is 11.8 Å². The molecule has 1 unspecified atom stereocenters. The number of ether oxygens (including phenoxy) is 2. The van der Waals surface area contributed by atoms with E-state index in [0.29, 0.717) is 31.7 Å². The van der Waals surface area contributed by atoms with E-state index in [4.69, 9.17) is 9.47 Å². The van der Waals surface area contributed by atoms with Crippen LogP contribution in [0.5, 0.6) is 5.75 Å². The zero-order valence-electron chi connectivity index (χ0n) is 17.9. The second kappa shape index (κ2) is 9.52. The third-order valence-electron chi connectivity index (χ3n) is 5.61. The van der Waals surface area contributed by atoms with Gasteiger partial charge in [-0.2, -0.15) is 0 Å². The molecule has 1 N–H and O–H groups in total. The molecule has 9 heteroatoms. The largest absolute Gasteiger partial charge is 0.487 e. The van der Waals surface area contributed by atoms with Crippen LogP contribution in [-0.2, 0) is 17.8 Å². The molecule has 170 valence electrons. The molecule has 1 aromatic carbocycles. The second-order valence-corrected chi connectivity index (χ2v) is 7.89. The molecule has 2 amide bonds. The monoisotopic (exact) mass is 443 g/mol. The number of halogens is 1. The summed E-state index contributed by atoms with van der Waals surface area (Å²) in [5.74, 6) is -1.38. The van der Waals surface area contributed by atoms with E-state index in [1.165, 1.54) is 18.3 Å². The molecule has 1 saturated heterocycles. The first kappa shape index (κ1) is 22.0. The minimum absolute atomic E-state index is 0.0955. The van der Waals surface area contributed by atoms with Gasteiger partial charge in [-0.1, -0.05) is 25.5 Å². The maximum atomic E-state index is 13.2. The van der Waals surface area contributed by atoms with E-state index in [1.54, 1.807) is 21.6 Å². The van der Waals surface area contributed by atoms with E-state index in [2.05, 4.69) is 5.32 Å². The summed E-state index contributed by atoms with van der Waals surface area (Å²) in [6, 6.07) is 5.72. The Morgan fingerprint density at radius 1 is 1.28 bits per heavy atom. The Balaban J connectivity index is 1.66. The molecule has 1 aromatic heterocycles. The number of unbranched alkanes of at least 4 members (excludes halogenated alkanes) is 1. The van der Waals surface area contributed by atoms with Crippen LogP contribution in [0.1, 0.15) is 52.6 Å². The summed E-state index contributed by atoms with van der Waals surface area (Å²) in [7, 11) is 0. The summed E-state index contributed by atoms with van der Waals surface area (Å²) in [5, 5.41) is 2.69. The van der Waals surface area contributed by atoms with E-state index < -0.39 is 17.6 Å². The number of nitrogens with one attached hydrogen (secondary N) is 1. The zero-order chi connectivity index (χ0) is 22.7. The van der Waals surface area contributed by atoms with Crippen LogP contribution in [0.25, 0.3) is 0 Å². The molecule has 2 aliphatic rings. The maximum Gasteiger partial charge on any atom is 0.276 e. The number of rotatable bonds is 7. The molecular weight excluding hydrogens is 417 g/mol. The van der Waals surface area contributed by atoms with Gasteiger partial charge in [-0.3, -0.25) is 14.4 Å². The molecule has 2 aliphatic heterocycles. The Hall–Kier alpha value is -3.20. The minimum atomic E-state index is -0.617. The molecule has 1 fully saturated rings. The predicted molar refractivity (Wildman–Crippen MR) is 114 cm³/mol. The smallest absolute Gasteiger partial charge is 0.276 e. The van der Waals surface area contributed by atoms with Crippen LogP contribution < -0.4 is 15.5 Å². The minimum Gasteiger partial charge on any atom is -0.487 e. The first-order chi connectivity index (χ1) is 15.5. The SMILES string of the molecule is CCCCOc1c2n(cc(C(=O)NCc3ccc(F)cc3)c1=O)CC1OCCCN1C2=O. The lowest BCUT2D eigenvalue weighted by atomic mass is 10.1. The first-order valence-corrected chi connectivity index (χ1v) is 10.8. The number of carbonyl (C=O) groups is 2. The molecule has 3 heterocycles. The molecule has 0 aliphatic carbocycles. The van der Waals surface area contributed by atoms with Gasteiger partial charge in [-0.15, -0.1) is 0 Å². The molecular formula is C23H26FN3O5. The summed E-state index contributed by atoms with van der Waals surface area (Å²) in [6.07, 6.45) is 3.26. The third-order valence-corrected chi connectivity index (χ3v) is 5.61. The highest BCUT2D eigenvalue weighted by atomic mass is 19.1. The lowest BCUT2D eigenvalue weighted by molar-refractivity contribution is -0.0920. The Kier molecular flexibility index (Phi) is 6.55. The van der Waals surface area contributed by atoms with E-state index in [0.717, 1.165) is 12.8 Å². The van der Waals surface area contributed by atoms with Crippen molar-refractivity contribution in [3.8, 4) is 5.75 Å². The maximum absolute atomic E-state index is 13.2. The number of nitrogens with zero attached hydrogens (tertiary/aromatic N) is 2. The molecule has 0 spiro atoms. The Morgan fingerprint density at radius 3 is 2.81 bits per heavy atom. The third kappa shape index (κ3) is 4.38. The summed E-state index contributed by atoms with van der Waals surface area (Å²) < 4.78 is 26.2. The molecule has 0 saturated carbocycles. The average Bonchev–Trinajstić information content (AvgIpc) is 2.80. The molecule has 0 radical (unpaired) electrons. The molecule has 1 atom stereocenters. The zero-order valence-corrected chi connectivity index (χ0v) is 17.9. The van der Waals surface area contributed by atoms with Gasteiger partial charge >= 0.3 is 0 Å². The molecule has 32 heavy (non-hydrogen) atoms. The Labute approximate surface area is 184 Å². The van der Waals surface area contributed by atoms with Crippen LogP contribution in [-0.4, -0.2) is 47.3 Å². The molecule has 0 bridgehead atoms. The van der Waals surface area contributed by atoms with Gasteiger partial charge in [-0.25, -0.2) is 4.39 Å². The summed E-state index contributed by atoms with van der Waals surface area (Å²) >= 11 is 0. The number of hydrogen-bond donors (Lipinski definition) is 1. The van der Waals surface area contributed by atoms with Gasteiger partial charge in [0.05, 0.1) is 19.8 Å². The highest BCUT2D eigenvalue weighted by molar-refractivity contribution is 5.99. The van der Waals surface area contributed by atoms with Crippen molar-refractivity contribution in [1.29, 1.82) is 0 Å². The quantitative estimate of drug-likeness (QED) is 0.664. The van der Waals surface area contributed by atoms with Gasteiger partial charge in [0, 0.05) is 19.3 Å². The highest BCUT2D eigenvalue weighted by Crippen LogP contribution is 2.27. The number of aromatic nitrogens is 1. The predicted octanol–water partition coefficient (Wildman–Crippen LogP) is 2.30. The van der Waals surface area contributed by atoms with Crippen molar-refractivity contribution < 1.29 is 23.5 Å². The number of amides is 2. The van der Waals surface area contributed by atoms with Crippen molar-refractivity contribution in [1.82, 2.24) is 14.8 Å². The fraction of sp³-hybridized carbons (Fsp3) is 0.435. The van der Waals surface area contributed by atoms with E-state index in [9.17, 15) is 18.8 Å². The fourth-order valence-electron chi connectivity index (χ4n) is 3.87. The van der Waals surface area contributed by atoms with Gasteiger partial charge in [0.1, 0.15) is 11.4 Å². The van der Waals surface area contributed by atoms with E-state index >= 15 is 0 Å². The van der Waals surface area contributed by atoms with Crippen LogP contribution in [0.2, 0.25) is 0 Å². The van der Waals surface area contributed by atoms with Crippen molar-refractivity contribution in [2.75, 3.05) is 19.8 Å². The number of pyridine rings is 1. The highest BCUT2D eigenvalue weighted by Gasteiger charge is 2.38. The van der Waals surface area contributed by atoms with Crippen LogP contribution in [0.15, 0.2) is 35.3 Å². The normalized spacial score (nSPS) is 17.5. The van der Waals surface area contributed by atoms with E-state index in [1.807, 2.05) is 6.92 Å². The molecule has 2 aromatic rings. The van der Waals surface area contributed by atoms with E-state index in [-0.39, 0.29) is 41.9 Å². The van der Waals surface area contributed by atoms with Crippen LogP contribution in [0.3, 0.4) is 0 Å². The van der Waals surface area contributed by atoms with Crippen LogP contribution in [0.4, 0.5) is 4.39 Å². The van der Waals surface area contributed by atoms with Crippen molar-refractivity contribution in [3.05, 3.63) is 63.3 Å². The Morgan fingerprint density at radius 2 is 2.06 bits per heavy atom. The summed E-state index contributed by atoms with van der Waals surface area (Å²) in [5.41, 5.74) is 0.120. The van der Waals surface area contributed by atoms with Crippen molar-refractivity contribution in [3.63, 3.8) is 0 Å². The number of hydrogen-bond acceptors (Lipinski definition) is 5. The molecule has 8 nitrogen and oxygen atoms in total. The van der Waals surface area contributed by atoms with Crippen LogP contribution >= 0.6 is 0 Å². The summed E-state index contributed by atoms with van der Waals surface area (Å²) in [6.45, 7) is 3.80. The van der Waals surface area contributed by atoms with Crippen LogP contribution in [0, 0.1) is 5.82 Å². The van der Waals surface area contributed by atoms with Crippen molar-refractivity contribution >= 4 is 11.8 Å². The number of benzene rings is 1. The topological polar surface area (TPSA) is 89.9 Å². The van der Waals surface area contributed by atoms with Gasteiger partial charge in [-0.05, 0) is 30.5 Å². The fourth-order valence-corrected chi connectivity index (χ4v) is 3.87. The molecule has 4 rings (SSSR count).